The number of furan rings is 1. The highest BCUT2D eigenvalue weighted by atomic mass is 16.3. The molecule has 0 bridgehead atoms. The van der Waals surface area contributed by atoms with E-state index in [-0.39, 0.29) is 11.7 Å². The highest BCUT2D eigenvalue weighted by molar-refractivity contribution is 5.98. The van der Waals surface area contributed by atoms with Crippen LogP contribution in [0.1, 0.15) is 34.2 Å². The van der Waals surface area contributed by atoms with Crippen LogP contribution < -0.4 is 9.80 Å². The Morgan fingerprint density at radius 2 is 1.82 bits per heavy atom. The summed E-state index contributed by atoms with van der Waals surface area (Å²) in [6.07, 6.45) is 6.33. The second-order valence-electron chi connectivity index (χ2n) is 7.24. The van der Waals surface area contributed by atoms with Crippen molar-refractivity contribution in [1.29, 1.82) is 0 Å². The molecule has 0 N–H and O–H groups in total. The highest BCUT2D eigenvalue weighted by Crippen LogP contribution is 2.32. The number of piperazine rings is 1. The number of fused-ring (bicyclic) bond motifs is 1. The van der Waals surface area contributed by atoms with Crippen LogP contribution >= 0.6 is 0 Å². The molecule has 1 saturated heterocycles. The van der Waals surface area contributed by atoms with E-state index >= 15 is 0 Å². The Hall–Kier alpha value is -3.22. The first-order valence-electron chi connectivity index (χ1n) is 9.61. The maximum Gasteiger partial charge on any atom is 0.225 e. The molecule has 0 radical (unpaired) electrons. The van der Waals surface area contributed by atoms with Crippen molar-refractivity contribution in [3.63, 3.8) is 0 Å². The number of ketones is 1. The van der Waals surface area contributed by atoms with E-state index in [0.717, 1.165) is 43.5 Å². The van der Waals surface area contributed by atoms with Crippen LogP contribution in [-0.4, -0.2) is 46.9 Å². The van der Waals surface area contributed by atoms with Crippen LogP contribution in [0, 0.1) is 0 Å². The van der Waals surface area contributed by atoms with E-state index in [2.05, 4.69) is 19.8 Å². The smallest absolute Gasteiger partial charge is 0.225 e. The van der Waals surface area contributed by atoms with Crippen LogP contribution in [0.25, 0.3) is 0 Å². The molecule has 0 unspecified atom stereocenters. The highest BCUT2D eigenvalue weighted by Gasteiger charge is 2.30. The average Bonchev–Trinajstić information content (AvgIpc) is 3.29. The van der Waals surface area contributed by atoms with E-state index in [4.69, 9.17) is 9.40 Å². The SMILES string of the molecule is O=C1C[C@H](c2ccco2)Cc2nc(N3CCN(c4ccccn4)CC3)ncc21. The zero-order valence-corrected chi connectivity index (χ0v) is 15.5. The number of hydrogen-bond donors (Lipinski definition) is 0. The lowest BCUT2D eigenvalue weighted by molar-refractivity contribution is 0.0958. The number of rotatable bonds is 3. The number of carbonyl (C=O) groups excluding carboxylic acids is 1. The van der Waals surface area contributed by atoms with Gasteiger partial charge in [0, 0.05) is 57.3 Å². The number of pyridine rings is 1. The number of Topliss-reactive ketones (excluding diaryl/α,β-unsaturated/α-hetero) is 1. The fraction of sp³-hybridized carbons (Fsp3) is 0.333. The summed E-state index contributed by atoms with van der Waals surface area (Å²) in [6, 6.07) is 9.76. The van der Waals surface area contributed by atoms with Gasteiger partial charge in [0.2, 0.25) is 5.95 Å². The second kappa shape index (κ2) is 7.07. The standard InChI is InChI=1S/C21H21N5O2/c27-18-13-15(19-4-3-11-28-19)12-17-16(18)14-23-21(24-17)26-9-7-25(8-10-26)20-5-1-2-6-22-20/h1-6,11,14-15H,7-10,12-13H2/t15-/m1/s1. The Bertz CT molecular complexity index is 966. The largest absolute Gasteiger partial charge is 0.469 e. The quantitative estimate of drug-likeness (QED) is 0.697. The fourth-order valence-electron chi connectivity index (χ4n) is 3.99. The van der Waals surface area contributed by atoms with Gasteiger partial charge in [-0.2, -0.15) is 0 Å². The van der Waals surface area contributed by atoms with Crippen LogP contribution in [0.5, 0.6) is 0 Å². The molecule has 3 aromatic heterocycles. The maximum atomic E-state index is 12.5. The van der Waals surface area contributed by atoms with Gasteiger partial charge in [0.05, 0.1) is 17.5 Å². The maximum absolute atomic E-state index is 12.5. The van der Waals surface area contributed by atoms with Crippen molar-refractivity contribution in [3.8, 4) is 0 Å². The molecule has 0 spiro atoms. The molecule has 3 aromatic rings. The number of hydrogen-bond acceptors (Lipinski definition) is 7. The Kier molecular flexibility index (Phi) is 4.27. The van der Waals surface area contributed by atoms with Crippen LogP contribution in [0.2, 0.25) is 0 Å². The third-order valence-electron chi connectivity index (χ3n) is 5.51. The molecule has 4 heterocycles. The number of anilines is 2. The minimum Gasteiger partial charge on any atom is -0.469 e. The van der Waals surface area contributed by atoms with E-state index in [9.17, 15) is 4.79 Å². The van der Waals surface area contributed by atoms with Crippen LogP contribution in [0.15, 0.2) is 53.4 Å². The lowest BCUT2D eigenvalue weighted by Crippen LogP contribution is -2.47. The van der Waals surface area contributed by atoms with Gasteiger partial charge in [-0.25, -0.2) is 15.0 Å². The number of aromatic nitrogens is 3. The van der Waals surface area contributed by atoms with Gasteiger partial charge in [-0.1, -0.05) is 6.07 Å². The summed E-state index contributed by atoms with van der Waals surface area (Å²) in [7, 11) is 0. The molecule has 142 valence electrons. The summed E-state index contributed by atoms with van der Waals surface area (Å²) < 4.78 is 5.52. The van der Waals surface area contributed by atoms with Crippen molar-refractivity contribution >= 4 is 17.5 Å². The molecule has 1 aliphatic heterocycles. The Morgan fingerprint density at radius 3 is 2.57 bits per heavy atom. The Morgan fingerprint density at radius 1 is 0.964 bits per heavy atom. The van der Waals surface area contributed by atoms with Gasteiger partial charge in [-0.15, -0.1) is 0 Å². The average molecular weight is 375 g/mol. The number of carbonyl (C=O) groups is 1. The van der Waals surface area contributed by atoms with Crippen molar-refractivity contribution < 1.29 is 9.21 Å². The van der Waals surface area contributed by atoms with E-state index in [0.29, 0.717) is 24.4 Å². The molecule has 0 amide bonds. The summed E-state index contributed by atoms with van der Waals surface area (Å²) in [5, 5.41) is 0. The fourth-order valence-corrected chi connectivity index (χ4v) is 3.99. The topological polar surface area (TPSA) is 75.4 Å². The Labute approximate surface area is 163 Å². The summed E-state index contributed by atoms with van der Waals surface area (Å²) >= 11 is 0. The molecule has 28 heavy (non-hydrogen) atoms. The van der Waals surface area contributed by atoms with Gasteiger partial charge in [0.15, 0.2) is 5.78 Å². The normalized spacial score (nSPS) is 19.6. The molecule has 7 heteroatoms. The van der Waals surface area contributed by atoms with Crippen LogP contribution in [0.4, 0.5) is 11.8 Å². The van der Waals surface area contributed by atoms with Gasteiger partial charge < -0.3 is 14.2 Å². The molecular weight excluding hydrogens is 354 g/mol. The summed E-state index contributed by atoms with van der Waals surface area (Å²) in [5.74, 6) is 2.70. The lowest BCUT2D eigenvalue weighted by atomic mass is 9.85. The van der Waals surface area contributed by atoms with Gasteiger partial charge in [-0.3, -0.25) is 4.79 Å². The van der Waals surface area contributed by atoms with Crippen molar-refractivity contribution in [1.82, 2.24) is 15.0 Å². The van der Waals surface area contributed by atoms with Crippen LogP contribution in [0.3, 0.4) is 0 Å². The molecule has 2 aliphatic rings. The van der Waals surface area contributed by atoms with Crippen LogP contribution in [-0.2, 0) is 6.42 Å². The third kappa shape index (κ3) is 3.13. The lowest BCUT2D eigenvalue weighted by Gasteiger charge is -2.35. The molecule has 1 aliphatic carbocycles. The molecule has 0 saturated carbocycles. The first kappa shape index (κ1) is 16.9. The van der Waals surface area contributed by atoms with Gasteiger partial charge in [0.25, 0.3) is 0 Å². The molecule has 1 fully saturated rings. The van der Waals surface area contributed by atoms with E-state index in [1.807, 2.05) is 36.5 Å². The molecular formula is C21H21N5O2. The minimum atomic E-state index is 0.0544. The summed E-state index contributed by atoms with van der Waals surface area (Å²) in [5.41, 5.74) is 1.48. The molecule has 0 aromatic carbocycles. The molecule has 1 atom stereocenters. The van der Waals surface area contributed by atoms with Crippen molar-refractivity contribution in [3.05, 3.63) is 66.0 Å². The van der Waals surface area contributed by atoms with E-state index in [1.54, 1.807) is 12.5 Å². The molecule has 5 rings (SSSR count). The Balaban J connectivity index is 1.33. The monoisotopic (exact) mass is 375 g/mol. The number of nitrogens with zero attached hydrogens (tertiary/aromatic N) is 5. The van der Waals surface area contributed by atoms with Crippen molar-refractivity contribution in [2.45, 2.75) is 18.8 Å². The third-order valence-corrected chi connectivity index (χ3v) is 5.51. The predicted octanol–water partition coefficient (Wildman–Crippen LogP) is 2.70. The van der Waals surface area contributed by atoms with Gasteiger partial charge in [-0.05, 0) is 24.3 Å². The summed E-state index contributed by atoms with van der Waals surface area (Å²) in [4.78, 5) is 30.7. The predicted molar refractivity (Wildman–Crippen MR) is 105 cm³/mol. The van der Waals surface area contributed by atoms with E-state index < -0.39 is 0 Å². The zero-order valence-electron chi connectivity index (χ0n) is 15.5. The zero-order chi connectivity index (χ0) is 18.9. The van der Waals surface area contributed by atoms with E-state index in [1.165, 1.54) is 0 Å². The van der Waals surface area contributed by atoms with Gasteiger partial charge in [0.1, 0.15) is 11.6 Å². The summed E-state index contributed by atoms with van der Waals surface area (Å²) in [6.45, 7) is 3.38. The molecule has 7 nitrogen and oxygen atoms in total. The minimum absolute atomic E-state index is 0.0544. The first-order valence-corrected chi connectivity index (χ1v) is 9.61. The first-order chi connectivity index (χ1) is 13.8. The van der Waals surface area contributed by atoms with Crippen molar-refractivity contribution in [2.24, 2.45) is 0 Å². The van der Waals surface area contributed by atoms with Crippen molar-refractivity contribution in [2.75, 3.05) is 36.0 Å². The second-order valence-corrected chi connectivity index (χ2v) is 7.24. The van der Waals surface area contributed by atoms with Gasteiger partial charge >= 0.3 is 0 Å².